The predicted molar refractivity (Wildman–Crippen MR) is 55.6 cm³/mol. The summed E-state index contributed by atoms with van der Waals surface area (Å²) in [5.41, 5.74) is 9.49. The smallest absolute Gasteiger partial charge is 0.0459 e. The third-order valence-electron chi connectivity index (χ3n) is 2.40. The maximum absolute atomic E-state index is 5.91. The summed E-state index contributed by atoms with van der Waals surface area (Å²) >= 11 is 0. The number of H-pyrrole nitrogens is 1. The molecule has 2 heteroatoms. The van der Waals surface area contributed by atoms with E-state index >= 15 is 0 Å². The molecule has 2 rings (SSSR count). The Bertz CT molecular complexity index is 427. The fourth-order valence-corrected chi connectivity index (χ4v) is 1.89. The summed E-state index contributed by atoms with van der Waals surface area (Å²) < 4.78 is 0. The fourth-order valence-electron chi connectivity index (χ4n) is 1.89. The number of para-hydroxylation sites is 1. The zero-order chi connectivity index (χ0) is 9.42. The van der Waals surface area contributed by atoms with Gasteiger partial charge in [-0.1, -0.05) is 18.2 Å². The van der Waals surface area contributed by atoms with Gasteiger partial charge in [0.15, 0.2) is 0 Å². The van der Waals surface area contributed by atoms with Gasteiger partial charge in [0.1, 0.15) is 0 Å². The second-order valence-electron chi connectivity index (χ2n) is 3.50. The lowest BCUT2D eigenvalue weighted by molar-refractivity contribution is 0.817. The van der Waals surface area contributed by atoms with Crippen LogP contribution >= 0.6 is 0 Å². The van der Waals surface area contributed by atoms with E-state index in [1.54, 1.807) is 0 Å². The Balaban J connectivity index is 2.78. The van der Waals surface area contributed by atoms with Crippen LogP contribution in [0.4, 0.5) is 0 Å². The summed E-state index contributed by atoms with van der Waals surface area (Å²) in [5, 5.41) is 1.25. The van der Waals surface area contributed by atoms with Crippen molar-refractivity contribution in [1.29, 1.82) is 0 Å². The molecular formula is C11H14N2. The molecule has 0 saturated heterocycles. The third kappa shape index (κ3) is 1.23. The van der Waals surface area contributed by atoms with Crippen LogP contribution in [0.1, 0.15) is 24.2 Å². The lowest BCUT2D eigenvalue weighted by atomic mass is 10.1. The first-order valence-electron chi connectivity index (χ1n) is 4.53. The zero-order valence-corrected chi connectivity index (χ0v) is 7.96. The second kappa shape index (κ2) is 2.89. The molecule has 0 unspecified atom stereocenters. The number of rotatable bonds is 1. The van der Waals surface area contributed by atoms with Crippen LogP contribution in [0.25, 0.3) is 10.9 Å². The SMILES string of the molecule is Cc1[nH]c2ccccc2c1[C@H](C)N. The van der Waals surface area contributed by atoms with Gasteiger partial charge in [-0.15, -0.1) is 0 Å². The molecule has 2 aromatic rings. The van der Waals surface area contributed by atoms with Crippen LogP contribution in [0.3, 0.4) is 0 Å². The molecule has 1 atom stereocenters. The van der Waals surface area contributed by atoms with Crippen molar-refractivity contribution in [2.45, 2.75) is 19.9 Å². The van der Waals surface area contributed by atoms with E-state index < -0.39 is 0 Å². The van der Waals surface area contributed by atoms with Gasteiger partial charge in [-0.2, -0.15) is 0 Å². The third-order valence-corrected chi connectivity index (χ3v) is 2.40. The minimum atomic E-state index is 0.0937. The highest BCUT2D eigenvalue weighted by molar-refractivity contribution is 5.84. The van der Waals surface area contributed by atoms with Gasteiger partial charge < -0.3 is 10.7 Å². The van der Waals surface area contributed by atoms with E-state index in [2.05, 4.69) is 24.0 Å². The van der Waals surface area contributed by atoms with Crippen molar-refractivity contribution < 1.29 is 0 Å². The number of aromatic nitrogens is 1. The van der Waals surface area contributed by atoms with Crippen LogP contribution in [-0.2, 0) is 0 Å². The van der Waals surface area contributed by atoms with Crippen molar-refractivity contribution >= 4 is 10.9 Å². The van der Waals surface area contributed by atoms with Crippen LogP contribution in [-0.4, -0.2) is 4.98 Å². The monoisotopic (exact) mass is 174 g/mol. The van der Waals surface area contributed by atoms with Crippen molar-refractivity contribution in [1.82, 2.24) is 4.98 Å². The molecule has 3 N–H and O–H groups in total. The topological polar surface area (TPSA) is 41.8 Å². The molecule has 0 bridgehead atoms. The summed E-state index contributed by atoms with van der Waals surface area (Å²) in [6.45, 7) is 4.08. The lowest BCUT2D eigenvalue weighted by Crippen LogP contribution is -2.05. The van der Waals surface area contributed by atoms with Gasteiger partial charge >= 0.3 is 0 Å². The highest BCUT2D eigenvalue weighted by Crippen LogP contribution is 2.25. The average Bonchev–Trinajstić information content (AvgIpc) is 2.39. The van der Waals surface area contributed by atoms with Crippen LogP contribution in [0, 0.1) is 6.92 Å². The van der Waals surface area contributed by atoms with E-state index in [-0.39, 0.29) is 6.04 Å². The highest BCUT2D eigenvalue weighted by Gasteiger charge is 2.10. The first-order valence-corrected chi connectivity index (χ1v) is 4.53. The number of aryl methyl sites for hydroxylation is 1. The number of fused-ring (bicyclic) bond motifs is 1. The molecule has 1 aromatic heterocycles. The Morgan fingerprint density at radius 3 is 2.69 bits per heavy atom. The van der Waals surface area contributed by atoms with Gasteiger partial charge in [0.25, 0.3) is 0 Å². The minimum Gasteiger partial charge on any atom is -0.358 e. The Morgan fingerprint density at radius 2 is 2.00 bits per heavy atom. The normalized spacial score (nSPS) is 13.5. The molecule has 13 heavy (non-hydrogen) atoms. The number of hydrogen-bond acceptors (Lipinski definition) is 1. The Morgan fingerprint density at radius 1 is 1.31 bits per heavy atom. The average molecular weight is 174 g/mol. The quantitative estimate of drug-likeness (QED) is 0.685. The molecule has 1 aromatic carbocycles. The molecule has 0 aliphatic carbocycles. The maximum atomic E-state index is 5.91. The van der Waals surface area contributed by atoms with E-state index in [4.69, 9.17) is 5.73 Å². The predicted octanol–water partition coefficient (Wildman–Crippen LogP) is 2.50. The van der Waals surface area contributed by atoms with Crippen LogP contribution in [0.2, 0.25) is 0 Å². The van der Waals surface area contributed by atoms with Crippen LogP contribution in [0.15, 0.2) is 24.3 Å². The Labute approximate surface area is 77.8 Å². The standard InChI is InChI=1S/C11H14N2/c1-7(12)11-8(2)13-10-6-4-3-5-9(10)11/h3-7,13H,12H2,1-2H3/t7-/m0/s1. The number of hydrogen-bond donors (Lipinski definition) is 2. The largest absolute Gasteiger partial charge is 0.358 e. The molecule has 0 aliphatic heterocycles. The summed E-state index contributed by atoms with van der Waals surface area (Å²) in [5.74, 6) is 0. The molecule has 0 radical (unpaired) electrons. The van der Waals surface area contributed by atoms with E-state index in [0.717, 1.165) is 0 Å². The van der Waals surface area contributed by atoms with Crippen molar-refractivity contribution in [3.05, 3.63) is 35.5 Å². The maximum Gasteiger partial charge on any atom is 0.0459 e. The van der Waals surface area contributed by atoms with Gasteiger partial charge in [0.05, 0.1) is 0 Å². The number of nitrogens with two attached hydrogens (primary N) is 1. The fraction of sp³-hybridized carbons (Fsp3) is 0.273. The van der Waals surface area contributed by atoms with Gasteiger partial charge in [-0.3, -0.25) is 0 Å². The molecule has 2 nitrogen and oxygen atoms in total. The first kappa shape index (κ1) is 8.32. The molecule has 68 valence electrons. The van der Waals surface area contributed by atoms with Gasteiger partial charge in [-0.25, -0.2) is 0 Å². The summed E-state index contributed by atoms with van der Waals surface area (Å²) in [7, 11) is 0. The molecule has 0 spiro atoms. The molecule has 0 saturated carbocycles. The number of benzene rings is 1. The van der Waals surface area contributed by atoms with Crippen molar-refractivity contribution in [3.63, 3.8) is 0 Å². The number of nitrogens with one attached hydrogen (secondary N) is 1. The van der Waals surface area contributed by atoms with Gasteiger partial charge in [0.2, 0.25) is 0 Å². The first-order chi connectivity index (χ1) is 6.20. The molecule has 1 heterocycles. The molecule has 0 fully saturated rings. The molecule has 0 aliphatic rings. The molecule has 0 amide bonds. The van der Waals surface area contributed by atoms with Crippen molar-refractivity contribution in [2.24, 2.45) is 5.73 Å². The summed E-state index contributed by atoms with van der Waals surface area (Å²) in [6.07, 6.45) is 0. The van der Waals surface area contributed by atoms with E-state index in [1.165, 1.54) is 22.2 Å². The number of aromatic amines is 1. The van der Waals surface area contributed by atoms with Crippen molar-refractivity contribution in [3.8, 4) is 0 Å². The van der Waals surface area contributed by atoms with Crippen molar-refractivity contribution in [2.75, 3.05) is 0 Å². The van der Waals surface area contributed by atoms with E-state index in [9.17, 15) is 0 Å². The van der Waals surface area contributed by atoms with Gasteiger partial charge in [-0.05, 0) is 25.5 Å². The van der Waals surface area contributed by atoms with Gasteiger partial charge in [0, 0.05) is 22.6 Å². The van der Waals surface area contributed by atoms with Crippen LogP contribution in [0.5, 0.6) is 0 Å². The minimum absolute atomic E-state index is 0.0937. The van der Waals surface area contributed by atoms with Crippen LogP contribution < -0.4 is 5.73 Å². The second-order valence-corrected chi connectivity index (χ2v) is 3.50. The van der Waals surface area contributed by atoms with E-state index in [1.807, 2.05) is 19.1 Å². The molecular weight excluding hydrogens is 160 g/mol. The Hall–Kier alpha value is -1.28. The van der Waals surface area contributed by atoms with E-state index in [0.29, 0.717) is 0 Å². The summed E-state index contributed by atoms with van der Waals surface area (Å²) in [6, 6.07) is 8.35. The lowest BCUT2D eigenvalue weighted by Gasteiger charge is -2.04. The zero-order valence-electron chi connectivity index (χ0n) is 7.96. The highest BCUT2D eigenvalue weighted by atomic mass is 14.7. The Kier molecular flexibility index (Phi) is 1.85. The summed E-state index contributed by atoms with van der Waals surface area (Å²) in [4.78, 5) is 3.33.